The van der Waals surface area contributed by atoms with Gasteiger partial charge < -0.3 is 120 Å². The molecular formula is C91H131N21O21S. The van der Waals surface area contributed by atoms with E-state index < -0.39 is 254 Å². The van der Waals surface area contributed by atoms with Gasteiger partial charge in [0.2, 0.25) is 94.5 Å². The third kappa shape index (κ3) is 29.4. The van der Waals surface area contributed by atoms with Crippen molar-refractivity contribution in [3.05, 3.63) is 102 Å². The zero-order chi connectivity index (χ0) is 98.6. The second kappa shape index (κ2) is 50.5. The number of primary amides is 2. The molecular weight excluding hydrogens is 1760 g/mol. The average molecular weight is 1890 g/mol. The van der Waals surface area contributed by atoms with Gasteiger partial charge in [0.25, 0.3) is 0 Å². The van der Waals surface area contributed by atoms with Crippen LogP contribution in [0.2, 0.25) is 0 Å². The molecule has 134 heavy (non-hydrogen) atoms. The molecule has 3 aliphatic heterocycles. The number of nitrogens with two attached hydrogens (primary N) is 4. The molecule has 16 amide bonds. The van der Waals surface area contributed by atoms with Crippen LogP contribution in [-0.4, -0.2) is 310 Å². The van der Waals surface area contributed by atoms with E-state index in [1.165, 1.54) is 56.7 Å². The number of likely N-dealkylation sites (N-methyl/N-ethyl adjacent to an activating group) is 3. The summed E-state index contributed by atoms with van der Waals surface area (Å²) < 4.78 is 1.53. The first-order chi connectivity index (χ1) is 63.6. The molecule has 21 N–H and O–H groups in total. The minimum Gasteiger partial charge on any atom is -0.508 e. The molecule has 0 unspecified atom stereocenters. The molecule has 42 nitrogen and oxygen atoms in total. The van der Waals surface area contributed by atoms with Crippen LogP contribution in [0.25, 0.3) is 16.4 Å². The number of imidazole rings is 1. The molecule has 6 heterocycles. The number of aliphatic carboxylic acids is 1. The molecule has 732 valence electrons. The summed E-state index contributed by atoms with van der Waals surface area (Å²) in [6.45, 7) is 9.85. The number of thioether (sulfide) groups is 1. The number of H-pyrrole nitrogens is 1. The Balaban J connectivity index is 1.21. The number of ketones is 1. The van der Waals surface area contributed by atoms with Crippen LogP contribution < -0.4 is 70.8 Å². The van der Waals surface area contributed by atoms with Crippen LogP contribution in [0.1, 0.15) is 161 Å². The summed E-state index contributed by atoms with van der Waals surface area (Å²) in [4.78, 5) is 275. The van der Waals surface area contributed by atoms with E-state index in [2.05, 4.69) is 57.8 Å². The third-order valence-electron chi connectivity index (χ3n) is 24.2. The van der Waals surface area contributed by atoms with Crippen molar-refractivity contribution >= 4 is 134 Å². The lowest BCUT2D eigenvalue weighted by Gasteiger charge is -2.36. The number of hydrogen-bond donors (Lipinski definition) is 17. The minimum absolute atomic E-state index is 0.00176. The number of Topliss-reactive ketones (excluding diaryl/α,β-unsaturated/α-hetero) is 1. The fourth-order valence-corrected chi connectivity index (χ4v) is 17.7. The number of hydrogen-bond acceptors (Lipinski definition) is 24. The quantitative estimate of drug-likeness (QED) is 0.0287. The van der Waals surface area contributed by atoms with Gasteiger partial charge in [-0.15, -0.1) is 11.8 Å². The SMILES string of the molecule is CCCC[C@H]1C(=O)N(C)[C@@H](CCCC)C(=O)N[C@@H](CC(C)C)C(=O)N[C@H](C(=O)NCC(N)=O)CSCC(=O)N[C@@H](Cc2ccc(O)cc2)C(=O)N(C)[C@@H](C)C(=O)N[C@@H](CC(N)=O)C(=O)N2CCC[C@H]2C(=O)N[C@@H](CN)C(=O)N[C@@H](CC(C)C)C(=O)N2C[C@H](O)C[C@H]2C(=O)C[C@@H](Cc2c[nH]c3ccccc23)C(=O)N[C@@H](CCN)C(=O)N[C@@H](Cc2nc(CC(=O)O)c3ccccn23)C(=O)N1C. The number of rotatable bonds is 26. The van der Waals surface area contributed by atoms with Crippen LogP contribution in [0.4, 0.5) is 0 Å². The van der Waals surface area contributed by atoms with Crippen LogP contribution >= 0.6 is 11.8 Å². The molecule has 3 aromatic heterocycles. The second-order valence-electron chi connectivity index (χ2n) is 35.4. The molecule has 0 spiro atoms. The average Bonchev–Trinajstić information content (AvgIpc) is 1.64. The number of carbonyl (C=O) groups is 18. The molecule has 3 saturated heterocycles. The highest BCUT2D eigenvalue weighted by Crippen LogP contribution is 2.30. The number of nitrogens with zero attached hydrogens (tertiary/aromatic N) is 7. The van der Waals surface area contributed by atoms with Gasteiger partial charge in [-0.2, -0.15) is 0 Å². The van der Waals surface area contributed by atoms with E-state index in [1.54, 1.807) is 82.6 Å². The standard InChI is InChI=1S/C91H131N21O21S/c1-11-13-22-69-85(127)101-61(34-49(3)4)83(125)106-67(81(123)97-45-75(95)117)47-134-48-77(118)99-63(36-52-26-28-55(113)29-27-52)87(129)107(8)51(7)79(121)102-64(40-74(94)116)89(131)111-33-19-25-70(111)86(128)105-66(43-93)84(126)103-62(35-50(5)6)90(132)112-46-56(114)39-72(112)73(115)38-53(37-54-44-96-58-21-16-15-20-57(54)58)80(122)100-59(30-31-92)82(124)104-65(88(130)109(10)71(23-14-12-2)91(133)108(69)9)41-76-98-60(42-78(119)120)68-24-17-18-32-110(68)76/h15-18,20-21,24,26-29,32,44,49-51,53,56,59,61-67,69-72,96,113-114H,11-14,19,22-23,25,30-31,33-43,45-48,92-93H2,1-10H3,(H2,94,116)(H2,95,117)(H,97,123)(H,99,118)(H,100,122)(H,101,127)(H,102,121)(H,103,126)(H,104,124)(H,105,128)(H,106,125)(H,119,120)/t51-,53+,56+,59-,61-,62-,63-,64-,65-,66-,67-,69-,70-,71-,72-/m0/s1. The maximum atomic E-state index is 15.9. The monoisotopic (exact) mass is 1890 g/mol. The molecule has 8 rings (SSSR count). The van der Waals surface area contributed by atoms with Crippen LogP contribution in [-0.2, 0) is 112 Å². The number of carboxylic acids is 1. The number of aromatic hydroxyl groups is 1. The normalized spacial score (nSPS) is 25.0. The van der Waals surface area contributed by atoms with Gasteiger partial charge in [-0.05, 0) is 118 Å². The molecule has 0 radical (unpaired) electrons. The molecule has 3 fully saturated rings. The Bertz CT molecular complexity index is 5050. The van der Waals surface area contributed by atoms with Crippen molar-refractivity contribution < 1.29 is 102 Å². The molecule has 2 aromatic carbocycles. The highest BCUT2D eigenvalue weighted by molar-refractivity contribution is 8.00. The Hall–Kier alpha value is -12.6. The second-order valence-corrected chi connectivity index (χ2v) is 36.5. The molecule has 43 heteroatoms. The van der Waals surface area contributed by atoms with Crippen LogP contribution in [0.15, 0.2) is 79.1 Å². The first-order valence-electron chi connectivity index (χ1n) is 45.4. The minimum atomic E-state index is -1.77. The number of carboxylic acid groups (broad SMARTS) is 1. The number of amides is 16. The Morgan fingerprint density at radius 1 is 0.597 bits per heavy atom. The van der Waals surface area contributed by atoms with Crippen molar-refractivity contribution in [3.8, 4) is 5.75 Å². The third-order valence-corrected chi connectivity index (χ3v) is 25.2. The molecule has 0 aliphatic carbocycles. The van der Waals surface area contributed by atoms with E-state index in [4.69, 9.17) is 22.9 Å². The van der Waals surface area contributed by atoms with Crippen LogP contribution in [0.3, 0.4) is 0 Å². The number of nitrogens with one attached hydrogen (secondary N) is 10. The fraction of sp³-hybridized carbons (Fsp3) is 0.571. The molecule has 15 atom stereocenters. The van der Waals surface area contributed by atoms with Gasteiger partial charge in [0.1, 0.15) is 84.1 Å². The fourth-order valence-electron chi connectivity index (χ4n) is 16.9. The Morgan fingerprint density at radius 2 is 1.19 bits per heavy atom. The lowest BCUT2D eigenvalue weighted by Crippen LogP contribution is -2.61. The van der Waals surface area contributed by atoms with E-state index in [0.29, 0.717) is 53.2 Å². The Morgan fingerprint density at radius 3 is 1.84 bits per heavy atom. The van der Waals surface area contributed by atoms with Crippen LogP contribution in [0.5, 0.6) is 5.75 Å². The van der Waals surface area contributed by atoms with Gasteiger partial charge in [0, 0.05) is 101 Å². The number of aromatic nitrogens is 3. The molecule has 0 bridgehead atoms. The summed E-state index contributed by atoms with van der Waals surface area (Å²) in [6.07, 6.45) is -0.0728. The number of carbonyl (C=O) groups excluding carboxylic acids is 17. The summed E-state index contributed by atoms with van der Waals surface area (Å²) >= 11 is 0.784. The molecule has 5 aromatic rings. The van der Waals surface area contributed by atoms with Crippen molar-refractivity contribution in [2.24, 2.45) is 40.7 Å². The van der Waals surface area contributed by atoms with E-state index in [-0.39, 0.29) is 106 Å². The number of aliphatic hydroxyl groups is 1. The first-order valence-corrected chi connectivity index (χ1v) is 46.6. The van der Waals surface area contributed by atoms with E-state index >= 15 is 33.6 Å². The number of fused-ring (bicyclic) bond motifs is 4. The van der Waals surface area contributed by atoms with E-state index in [1.807, 2.05) is 13.8 Å². The van der Waals surface area contributed by atoms with Gasteiger partial charge in [-0.25, -0.2) is 4.98 Å². The van der Waals surface area contributed by atoms with Crippen LogP contribution in [0, 0.1) is 17.8 Å². The summed E-state index contributed by atoms with van der Waals surface area (Å²) in [5.74, 6) is -19.8. The predicted octanol–water partition coefficient (Wildman–Crippen LogP) is -1.91. The van der Waals surface area contributed by atoms with Crippen molar-refractivity contribution in [1.82, 2.24) is 86.7 Å². The van der Waals surface area contributed by atoms with Gasteiger partial charge >= 0.3 is 5.97 Å². The van der Waals surface area contributed by atoms with Gasteiger partial charge in [-0.3, -0.25) is 86.3 Å². The number of aliphatic hydroxyl groups excluding tert-OH is 1. The van der Waals surface area contributed by atoms with Crippen molar-refractivity contribution in [2.45, 2.75) is 249 Å². The number of phenolic OH excluding ortho intramolecular Hbond substituents is 1. The van der Waals surface area contributed by atoms with Crippen molar-refractivity contribution in [3.63, 3.8) is 0 Å². The summed E-state index contributed by atoms with van der Waals surface area (Å²) in [7, 11) is 3.90. The Kier molecular flexibility index (Phi) is 40.2. The summed E-state index contributed by atoms with van der Waals surface area (Å²) in [5.41, 5.74) is 25.6. The maximum absolute atomic E-state index is 15.9. The molecule has 3 aliphatic rings. The van der Waals surface area contributed by atoms with Gasteiger partial charge in [-0.1, -0.05) is 104 Å². The van der Waals surface area contributed by atoms with E-state index in [9.17, 15) is 68.1 Å². The van der Waals surface area contributed by atoms with E-state index in [0.717, 1.165) is 36.3 Å². The Labute approximate surface area is 781 Å². The van der Waals surface area contributed by atoms with Crippen molar-refractivity contribution in [1.29, 1.82) is 0 Å². The number of aromatic amines is 1. The summed E-state index contributed by atoms with van der Waals surface area (Å²) in [5, 5.41) is 56.2. The first kappa shape index (κ1) is 107. The maximum Gasteiger partial charge on any atom is 0.309 e. The summed E-state index contributed by atoms with van der Waals surface area (Å²) in [6, 6.07) is -2.20. The zero-order valence-electron chi connectivity index (χ0n) is 77.5. The predicted molar refractivity (Wildman–Crippen MR) is 493 cm³/mol. The lowest BCUT2D eigenvalue weighted by molar-refractivity contribution is -0.149. The largest absolute Gasteiger partial charge is 0.508 e. The highest BCUT2D eigenvalue weighted by atomic mass is 32.2. The number of para-hydroxylation sites is 1. The number of phenols is 1. The number of benzene rings is 2. The van der Waals surface area contributed by atoms with Gasteiger partial charge in [0.15, 0.2) is 5.78 Å². The highest BCUT2D eigenvalue weighted by Gasteiger charge is 2.47. The van der Waals surface area contributed by atoms with Gasteiger partial charge in [0.05, 0.1) is 48.5 Å². The topological polar surface area (TPSA) is 630 Å². The zero-order valence-corrected chi connectivity index (χ0v) is 78.4. The number of unbranched alkanes of at least 4 members (excludes halogenated alkanes) is 2. The van der Waals surface area contributed by atoms with Crippen molar-refractivity contribution in [2.75, 3.05) is 65.4 Å². The smallest absolute Gasteiger partial charge is 0.309 e. The molecule has 0 saturated carbocycles. The number of pyridine rings is 1. The lowest BCUT2D eigenvalue weighted by atomic mass is 9.90.